The van der Waals surface area contributed by atoms with E-state index < -0.39 is 10.0 Å². The first-order valence-electron chi connectivity index (χ1n) is 11.5. The van der Waals surface area contributed by atoms with Gasteiger partial charge in [0.15, 0.2) is 17.5 Å². The van der Waals surface area contributed by atoms with Crippen molar-refractivity contribution in [2.45, 2.75) is 4.90 Å². The highest BCUT2D eigenvalue weighted by atomic mass is 32.3. The summed E-state index contributed by atoms with van der Waals surface area (Å²) >= 11 is 0. The summed E-state index contributed by atoms with van der Waals surface area (Å²) in [5, 5.41) is 2.26. The molecule has 5 heteroatoms. The van der Waals surface area contributed by atoms with Gasteiger partial charge in [-0.25, -0.2) is 25.0 Å². The largest absolute Gasteiger partial charge is 0.455 e. The van der Waals surface area contributed by atoms with E-state index in [1.54, 1.807) is 0 Å². The fourth-order valence-corrected chi connectivity index (χ4v) is 5.53. The summed E-state index contributed by atoms with van der Waals surface area (Å²) in [5.74, 6) is 1.93. The van der Waals surface area contributed by atoms with Crippen molar-refractivity contribution < 1.29 is 4.42 Å². The first kappa shape index (κ1) is 21.6. The molecule has 0 aliphatic heterocycles. The molecule has 4 aromatic carbocycles. The van der Waals surface area contributed by atoms with Crippen LogP contribution in [0.25, 0.3) is 56.1 Å². The number of nitrogens with zero attached hydrogens (tertiary/aromatic N) is 3. The molecule has 0 aliphatic rings. The average Bonchev–Trinajstić information content (AvgIpc) is 3.27. The standard InChI is InChI=1S/C30H25N3OS/c1-35(2,3)26-16-10-15-24-23-18-17-22(19-25(23)34-27(24)26)30-32-28(20-11-6-4-7-12-20)31-29(33-30)21-13-8-5-9-14-21/h4-19H,1-3H3. The van der Waals surface area contributed by atoms with E-state index in [2.05, 4.69) is 55.2 Å². The Morgan fingerprint density at radius 1 is 0.543 bits per heavy atom. The van der Waals surface area contributed by atoms with Gasteiger partial charge in [0.25, 0.3) is 0 Å². The molecule has 0 amide bonds. The Kier molecular flexibility index (Phi) is 5.15. The molecule has 2 aromatic heterocycles. The Morgan fingerprint density at radius 2 is 1.11 bits per heavy atom. The van der Waals surface area contributed by atoms with Crippen LogP contribution in [0.4, 0.5) is 0 Å². The zero-order chi connectivity index (χ0) is 24.0. The van der Waals surface area contributed by atoms with E-state index in [0.717, 1.165) is 38.6 Å². The van der Waals surface area contributed by atoms with Crippen molar-refractivity contribution in [1.29, 1.82) is 0 Å². The fourth-order valence-electron chi connectivity index (χ4n) is 4.33. The molecule has 2 heterocycles. The molecule has 0 radical (unpaired) electrons. The van der Waals surface area contributed by atoms with E-state index in [4.69, 9.17) is 19.4 Å². The number of hydrogen-bond donors (Lipinski definition) is 0. The van der Waals surface area contributed by atoms with Crippen molar-refractivity contribution in [3.05, 3.63) is 97.1 Å². The monoisotopic (exact) mass is 475 g/mol. The van der Waals surface area contributed by atoms with E-state index in [-0.39, 0.29) is 0 Å². The second kappa shape index (κ2) is 8.36. The number of aromatic nitrogens is 3. The Labute approximate surface area is 206 Å². The number of furan rings is 1. The molecular formula is C30H25N3OS. The lowest BCUT2D eigenvalue weighted by molar-refractivity contribution is 0.660. The summed E-state index contributed by atoms with van der Waals surface area (Å²) in [6.07, 6.45) is 6.88. The third-order valence-corrected chi connectivity index (χ3v) is 7.72. The van der Waals surface area contributed by atoms with E-state index in [1.165, 1.54) is 4.90 Å². The molecule has 6 rings (SSSR count). The average molecular weight is 476 g/mol. The van der Waals surface area contributed by atoms with E-state index in [9.17, 15) is 0 Å². The number of hydrogen-bond acceptors (Lipinski definition) is 4. The van der Waals surface area contributed by atoms with Gasteiger partial charge in [0.1, 0.15) is 11.2 Å². The van der Waals surface area contributed by atoms with Crippen molar-refractivity contribution in [2.75, 3.05) is 18.8 Å². The maximum absolute atomic E-state index is 6.45. The van der Waals surface area contributed by atoms with Gasteiger partial charge in [-0.1, -0.05) is 78.9 Å². The van der Waals surface area contributed by atoms with E-state index >= 15 is 0 Å². The van der Waals surface area contributed by atoms with Crippen LogP contribution in [0.1, 0.15) is 0 Å². The molecule has 0 bridgehead atoms. The summed E-state index contributed by atoms with van der Waals surface area (Å²) < 4.78 is 6.45. The number of fused-ring (bicyclic) bond motifs is 3. The highest BCUT2D eigenvalue weighted by Gasteiger charge is 2.18. The van der Waals surface area contributed by atoms with Gasteiger partial charge in [0.05, 0.1) is 0 Å². The molecule has 0 saturated heterocycles. The number of para-hydroxylation sites is 1. The van der Waals surface area contributed by atoms with Crippen molar-refractivity contribution in [3.63, 3.8) is 0 Å². The Balaban J connectivity index is 1.55. The minimum absolute atomic E-state index is 0.627. The van der Waals surface area contributed by atoms with Crippen LogP contribution >= 0.6 is 10.0 Å². The summed E-state index contributed by atoms with van der Waals surface area (Å²) in [7, 11) is -0.939. The lowest BCUT2D eigenvalue weighted by Gasteiger charge is -2.25. The molecule has 0 unspecified atom stereocenters. The third kappa shape index (κ3) is 3.98. The summed E-state index contributed by atoms with van der Waals surface area (Å²) in [4.78, 5) is 15.8. The predicted molar refractivity (Wildman–Crippen MR) is 147 cm³/mol. The van der Waals surface area contributed by atoms with Gasteiger partial charge in [-0.05, 0) is 37.0 Å². The highest BCUT2D eigenvalue weighted by molar-refractivity contribution is 8.32. The first-order valence-corrected chi connectivity index (χ1v) is 14.3. The van der Waals surface area contributed by atoms with Gasteiger partial charge in [-0.15, -0.1) is 0 Å². The van der Waals surface area contributed by atoms with E-state index in [1.807, 2.05) is 60.7 Å². The molecule has 4 nitrogen and oxygen atoms in total. The molecular weight excluding hydrogens is 450 g/mol. The summed E-state index contributed by atoms with van der Waals surface area (Å²) in [6.45, 7) is 0. The number of rotatable bonds is 4. The summed E-state index contributed by atoms with van der Waals surface area (Å²) in [6, 6.07) is 32.8. The molecule has 0 saturated carbocycles. The van der Waals surface area contributed by atoms with Crippen LogP contribution in [0.3, 0.4) is 0 Å². The number of benzene rings is 4. The minimum atomic E-state index is -0.939. The normalized spacial score (nSPS) is 12.3. The molecule has 35 heavy (non-hydrogen) atoms. The Morgan fingerprint density at radius 3 is 1.69 bits per heavy atom. The van der Waals surface area contributed by atoms with Crippen LogP contribution in [0.2, 0.25) is 0 Å². The van der Waals surface area contributed by atoms with Crippen LogP contribution < -0.4 is 0 Å². The molecule has 6 aromatic rings. The van der Waals surface area contributed by atoms with Crippen molar-refractivity contribution >= 4 is 32.0 Å². The Hall–Kier alpha value is -3.96. The van der Waals surface area contributed by atoms with Crippen LogP contribution in [0, 0.1) is 0 Å². The lowest BCUT2D eigenvalue weighted by atomic mass is 10.1. The van der Waals surface area contributed by atoms with E-state index in [0.29, 0.717) is 17.5 Å². The Bertz CT molecular complexity index is 1610. The van der Waals surface area contributed by atoms with Gasteiger partial charge >= 0.3 is 0 Å². The van der Waals surface area contributed by atoms with Crippen molar-refractivity contribution in [2.24, 2.45) is 0 Å². The topological polar surface area (TPSA) is 51.8 Å². The van der Waals surface area contributed by atoms with Gasteiger partial charge in [0.2, 0.25) is 0 Å². The molecule has 0 aliphatic carbocycles. The molecule has 0 spiro atoms. The van der Waals surface area contributed by atoms with Crippen LogP contribution in [0.15, 0.2) is 106 Å². The lowest BCUT2D eigenvalue weighted by Crippen LogP contribution is -2.00. The van der Waals surface area contributed by atoms with Crippen LogP contribution in [-0.2, 0) is 0 Å². The first-order chi connectivity index (χ1) is 17.0. The van der Waals surface area contributed by atoms with Gasteiger partial charge < -0.3 is 4.42 Å². The predicted octanol–water partition coefficient (Wildman–Crippen LogP) is 7.82. The van der Waals surface area contributed by atoms with Crippen molar-refractivity contribution in [3.8, 4) is 34.2 Å². The minimum Gasteiger partial charge on any atom is -0.455 e. The van der Waals surface area contributed by atoms with Gasteiger partial charge in [-0.3, -0.25) is 0 Å². The quantitative estimate of drug-likeness (QED) is 0.261. The smallest absolute Gasteiger partial charge is 0.164 e. The second-order valence-electron chi connectivity index (χ2n) is 9.32. The zero-order valence-corrected chi connectivity index (χ0v) is 20.7. The summed E-state index contributed by atoms with van der Waals surface area (Å²) in [5.41, 5.74) is 4.63. The maximum Gasteiger partial charge on any atom is 0.164 e. The molecule has 0 atom stereocenters. The SMILES string of the molecule is CS(C)(C)c1cccc2c1oc1cc(-c3nc(-c4ccccc4)nc(-c4ccccc4)n3)ccc12. The van der Waals surface area contributed by atoms with Crippen LogP contribution in [-0.4, -0.2) is 33.7 Å². The molecule has 0 N–H and O–H groups in total. The van der Waals surface area contributed by atoms with Gasteiger partial charge in [-0.2, -0.15) is 0 Å². The van der Waals surface area contributed by atoms with Crippen molar-refractivity contribution in [1.82, 2.24) is 15.0 Å². The second-order valence-corrected chi connectivity index (χ2v) is 13.4. The maximum atomic E-state index is 6.45. The molecule has 0 fully saturated rings. The highest BCUT2D eigenvalue weighted by Crippen LogP contribution is 2.50. The van der Waals surface area contributed by atoms with Crippen LogP contribution in [0.5, 0.6) is 0 Å². The fraction of sp³-hybridized carbons (Fsp3) is 0.100. The molecule has 172 valence electrons. The van der Waals surface area contributed by atoms with Gasteiger partial charge in [0, 0.05) is 32.4 Å². The zero-order valence-electron chi connectivity index (χ0n) is 19.9. The third-order valence-electron chi connectivity index (χ3n) is 6.08.